The second kappa shape index (κ2) is 9.59. The molecule has 0 bridgehead atoms. The molecule has 2 heterocycles. The van der Waals surface area contributed by atoms with E-state index in [1.54, 1.807) is 4.90 Å². The van der Waals surface area contributed by atoms with Crippen molar-refractivity contribution in [1.29, 1.82) is 0 Å². The first kappa shape index (κ1) is 22.3. The highest BCUT2D eigenvalue weighted by Crippen LogP contribution is 2.22. The number of piperazine rings is 1. The first-order valence-electron chi connectivity index (χ1n) is 10.0. The van der Waals surface area contributed by atoms with Crippen molar-refractivity contribution in [3.05, 3.63) is 29.8 Å². The van der Waals surface area contributed by atoms with Crippen molar-refractivity contribution in [3.63, 3.8) is 0 Å². The van der Waals surface area contributed by atoms with Gasteiger partial charge in [-0.3, -0.25) is 14.5 Å². The lowest BCUT2D eigenvalue weighted by molar-refractivity contribution is -0.133. The van der Waals surface area contributed by atoms with Crippen LogP contribution in [0.5, 0.6) is 0 Å². The predicted octanol–water partition coefficient (Wildman–Crippen LogP) is 1.55. The van der Waals surface area contributed by atoms with Crippen LogP contribution < -0.4 is 0 Å². The molecule has 2 aliphatic heterocycles. The molecular weight excluding hydrogens is 410 g/mol. The summed E-state index contributed by atoms with van der Waals surface area (Å²) in [7, 11) is -3.62. The van der Waals surface area contributed by atoms with Crippen LogP contribution in [0.2, 0.25) is 0 Å². The average molecular weight is 440 g/mol. The van der Waals surface area contributed by atoms with E-state index >= 15 is 0 Å². The fraction of sp³-hybridized carbons (Fsp3) is 0.600. The number of sulfonamides is 1. The third-order valence-electron chi connectivity index (χ3n) is 5.53. The number of thioether (sulfide) groups is 1. The van der Waals surface area contributed by atoms with Crippen LogP contribution in [0.4, 0.5) is 0 Å². The fourth-order valence-corrected chi connectivity index (χ4v) is 6.32. The zero-order chi connectivity index (χ0) is 21.0. The Morgan fingerprint density at radius 1 is 1.07 bits per heavy atom. The largest absolute Gasteiger partial charge is 0.339 e. The molecule has 7 nitrogen and oxygen atoms in total. The number of hydrogen-bond acceptors (Lipinski definition) is 6. The van der Waals surface area contributed by atoms with Crippen LogP contribution in [0, 0.1) is 0 Å². The molecule has 0 saturated carbocycles. The maximum atomic E-state index is 12.9. The van der Waals surface area contributed by atoms with Crippen LogP contribution in [0.3, 0.4) is 0 Å². The van der Waals surface area contributed by atoms with Crippen molar-refractivity contribution in [2.75, 3.05) is 51.6 Å². The van der Waals surface area contributed by atoms with Crippen molar-refractivity contribution >= 4 is 33.5 Å². The lowest BCUT2D eigenvalue weighted by Gasteiger charge is -2.36. The van der Waals surface area contributed by atoms with Crippen molar-refractivity contribution < 1.29 is 18.0 Å². The molecule has 2 saturated heterocycles. The second-order valence-electron chi connectivity index (χ2n) is 7.50. The van der Waals surface area contributed by atoms with Gasteiger partial charge < -0.3 is 4.90 Å². The van der Waals surface area contributed by atoms with Gasteiger partial charge in [0.1, 0.15) is 0 Å². The van der Waals surface area contributed by atoms with E-state index in [0.717, 1.165) is 25.3 Å². The van der Waals surface area contributed by atoms with E-state index in [2.05, 4.69) is 11.8 Å². The fourth-order valence-electron chi connectivity index (χ4n) is 3.65. The van der Waals surface area contributed by atoms with E-state index in [-0.39, 0.29) is 29.7 Å². The third kappa shape index (κ3) is 5.39. The molecule has 0 radical (unpaired) electrons. The van der Waals surface area contributed by atoms with E-state index in [1.807, 2.05) is 11.8 Å². The number of carbonyl (C=O) groups is 2. The summed E-state index contributed by atoms with van der Waals surface area (Å²) in [6.45, 7) is 7.30. The number of Topliss-reactive ketones (excluding diaryl/α,β-unsaturated/α-hetero) is 1. The SMILES string of the molecule is CCC1CN(CC(=O)N2CCN(S(=O)(=O)c3ccc(C(C)=O)cc3)CC2)CCS1. The number of carbonyl (C=O) groups excluding carboxylic acids is 2. The Morgan fingerprint density at radius 3 is 2.31 bits per heavy atom. The molecule has 0 aliphatic carbocycles. The van der Waals surface area contributed by atoms with Gasteiger partial charge in [0.15, 0.2) is 5.78 Å². The monoisotopic (exact) mass is 439 g/mol. The van der Waals surface area contributed by atoms with E-state index in [1.165, 1.54) is 35.5 Å². The molecule has 1 amide bonds. The zero-order valence-corrected chi connectivity index (χ0v) is 18.7. The van der Waals surface area contributed by atoms with Crippen molar-refractivity contribution in [2.24, 2.45) is 0 Å². The summed E-state index contributed by atoms with van der Waals surface area (Å²) in [6, 6.07) is 6.02. The molecule has 2 fully saturated rings. The lowest BCUT2D eigenvalue weighted by Crippen LogP contribution is -2.53. The van der Waals surface area contributed by atoms with E-state index in [0.29, 0.717) is 30.4 Å². The highest BCUT2D eigenvalue weighted by atomic mass is 32.2. The van der Waals surface area contributed by atoms with E-state index < -0.39 is 10.0 Å². The Balaban J connectivity index is 1.55. The van der Waals surface area contributed by atoms with Gasteiger partial charge in [-0.25, -0.2) is 8.42 Å². The number of amides is 1. The molecular formula is C20H29N3O4S2. The Bertz CT molecular complexity index is 834. The summed E-state index contributed by atoms with van der Waals surface area (Å²) in [4.78, 5) is 28.2. The Kier molecular flexibility index (Phi) is 7.37. The second-order valence-corrected chi connectivity index (χ2v) is 10.8. The molecule has 0 N–H and O–H groups in total. The molecule has 1 aromatic rings. The highest BCUT2D eigenvalue weighted by molar-refractivity contribution is 8.00. The number of ketones is 1. The molecule has 1 unspecified atom stereocenters. The molecule has 9 heteroatoms. The summed E-state index contributed by atoms with van der Waals surface area (Å²) < 4.78 is 27.1. The molecule has 1 aromatic carbocycles. The van der Waals surface area contributed by atoms with Gasteiger partial charge in [-0.05, 0) is 25.5 Å². The van der Waals surface area contributed by atoms with E-state index in [9.17, 15) is 18.0 Å². The quantitative estimate of drug-likeness (QED) is 0.626. The normalized spacial score (nSPS) is 21.9. The number of rotatable bonds is 6. The predicted molar refractivity (Wildman–Crippen MR) is 115 cm³/mol. The molecule has 29 heavy (non-hydrogen) atoms. The molecule has 3 rings (SSSR count). The summed E-state index contributed by atoms with van der Waals surface area (Å²) in [5.74, 6) is 1.04. The average Bonchev–Trinajstić information content (AvgIpc) is 2.74. The van der Waals surface area contributed by atoms with Crippen LogP contribution >= 0.6 is 11.8 Å². The standard InChI is InChI=1S/C20H29N3O4S2/c1-3-18-14-21(12-13-28-18)15-20(25)22-8-10-23(11-9-22)29(26,27)19-6-4-17(5-7-19)16(2)24/h4-7,18H,3,8-15H2,1-2H3. The van der Waals surface area contributed by atoms with Gasteiger partial charge in [0.25, 0.3) is 0 Å². The Labute approximate surface area is 177 Å². The molecule has 0 aromatic heterocycles. The Hall–Kier alpha value is -1.42. The number of benzene rings is 1. The first-order valence-corrected chi connectivity index (χ1v) is 12.5. The van der Waals surface area contributed by atoms with Crippen molar-refractivity contribution in [1.82, 2.24) is 14.1 Å². The lowest BCUT2D eigenvalue weighted by atomic mass is 10.2. The molecule has 2 aliphatic rings. The van der Waals surface area contributed by atoms with Crippen molar-refractivity contribution in [2.45, 2.75) is 30.4 Å². The smallest absolute Gasteiger partial charge is 0.243 e. The minimum atomic E-state index is -3.62. The zero-order valence-electron chi connectivity index (χ0n) is 17.0. The maximum absolute atomic E-state index is 12.9. The highest BCUT2D eigenvalue weighted by Gasteiger charge is 2.31. The first-order chi connectivity index (χ1) is 13.8. The molecule has 0 spiro atoms. The van der Waals surface area contributed by atoms with Crippen LogP contribution in [0.25, 0.3) is 0 Å². The van der Waals surface area contributed by atoms with Crippen LogP contribution in [-0.4, -0.2) is 91.0 Å². The summed E-state index contributed by atoms with van der Waals surface area (Å²) in [6.07, 6.45) is 1.11. The van der Waals surface area contributed by atoms with Crippen LogP contribution in [0.15, 0.2) is 29.2 Å². The summed E-state index contributed by atoms with van der Waals surface area (Å²) >= 11 is 1.97. The van der Waals surface area contributed by atoms with Gasteiger partial charge in [0, 0.05) is 55.8 Å². The van der Waals surface area contributed by atoms with Gasteiger partial charge in [0.2, 0.25) is 15.9 Å². The van der Waals surface area contributed by atoms with E-state index in [4.69, 9.17) is 0 Å². The maximum Gasteiger partial charge on any atom is 0.243 e. The number of nitrogens with zero attached hydrogens (tertiary/aromatic N) is 3. The molecule has 1 atom stereocenters. The molecule has 160 valence electrons. The van der Waals surface area contributed by atoms with Gasteiger partial charge >= 0.3 is 0 Å². The van der Waals surface area contributed by atoms with Crippen LogP contribution in [0.1, 0.15) is 30.6 Å². The summed E-state index contributed by atoms with van der Waals surface area (Å²) in [5.41, 5.74) is 0.487. The minimum Gasteiger partial charge on any atom is -0.339 e. The third-order valence-corrected chi connectivity index (χ3v) is 8.81. The number of hydrogen-bond donors (Lipinski definition) is 0. The van der Waals surface area contributed by atoms with Gasteiger partial charge in [-0.15, -0.1) is 0 Å². The topological polar surface area (TPSA) is 78.0 Å². The minimum absolute atomic E-state index is 0.0783. The summed E-state index contributed by atoms with van der Waals surface area (Å²) in [5, 5.41) is 0.591. The van der Waals surface area contributed by atoms with Gasteiger partial charge in [-0.2, -0.15) is 16.1 Å². The van der Waals surface area contributed by atoms with Gasteiger partial charge in [-0.1, -0.05) is 19.1 Å². The Morgan fingerprint density at radius 2 is 1.72 bits per heavy atom. The van der Waals surface area contributed by atoms with Crippen LogP contribution in [-0.2, 0) is 14.8 Å². The van der Waals surface area contributed by atoms with Crippen molar-refractivity contribution in [3.8, 4) is 0 Å². The van der Waals surface area contributed by atoms with Gasteiger partial charge in [0.05, 0.1) is 11.4 Å².